The Kier molecular flexibility index (Phi) is 4.71. The Hall–Kier alpha value is -0.660. The van der Waals surface area contributed by atoms with Crippen molar-refractivity contribution in [2.24, 2.45) is 0 Å². The number of benzene rings is 1. The molecule has 0 aromatic heterocycles. The highest BCUT2D eigenvalue weighted by Gasteiger charge is 2.46. The molecule has 1 N–H and O–H groups in total. The van der Waals surface area contributed by atoms with E-state index < -0.39 is 21.7 Å². The SMILES string of the molecule is CCS(=O)(=O)C[C@]1(c2cccc(Cl)c2)OC[C@@H](CO)O1. The van der Waals surface area contributed by atoms with Gasteiger partial charge in [0.25, 0.3) is 0 Å². The smallest absolute Gasteiger partial charge is 0.209 e. The maximum atomic E-state index is 12.0. The van der Waals surface area contributed by atoms with Crippen LogP contribution in [0.3, 0.4) is 0 Å². The van der Waals surface area contributed by atoms with E-state index in [0.717, 1.165) is 0 Å². The summed E-state index contributed by atoms with van der Waals surface area (Å²) in [4.78, 5) is 0. The van der Waals surface area contributed by atoms with Crippen LogP contribution in [0, 0.1) is 0 Å². The summed E-state index contributed by atoms with van der Waals surface area (Å²) in [7, 11) is -3.33. The number of hydrogen-bond acceptors (Lipinski definition) is 5. The molecule has 0 radical (unpaired) electrons. The molecule has 0 saturated carbocycles. The monoisotopic (exact) mass is 320 g/mol. The third-order valence-electron chi connectivity index (χ3n) is 3.18. The molecule has 0 spiro atoms. The van der Waals surface area contributed by atoms with Crippen molar-refractivity contribution in [2.75, 3.05) is 24.7 Å². The van der Waals surface area contributed by atoms with Crippen LogP contribution in [0.25, 0.3) is 0 Å². The van der Waals surface area contributed by atoms with Crippen molar-refractivity contribution >= 4 is 21.4 Å². The number of ether oxygens (including phenoxy) is 2. The van der Waals surface area contributed by atoms with Gasteiger partial charge in [0.2, 0.25) is 5.79 Å². The second kappa shape index (κ2) is 5.99. The fraction of sp³-hybridized carbons (Fsp3) is 0.538. The van der Waals surface area contributed by atoms with E-state index in [1.807, 2.05) is 0 Å². The van der Waals surface area contributed by atoms with Crippen LogP contribution in [0.5, 0.6) is 0 Å². The number of halogens is 1. The average molecular weight is 321 g/mol. The van der Waals surface area contributed by atoms with Crippen molar-refractivity contribution < 1.29 is 23.0 Å². The van der Waals surface area contributed by atoms with Gasteiger partial charge in [0.05, 0.1) is 13.2 Å². The van der Waals surface area contributed by atoms with Gasteiger partial charge >= 0.3 is 0 Å². The van der Waals surface area contributed by atoms with E-state index in [1.54, 1.807) is 31.2 Å². The quantitative estimate of drug-likeness (QED) is 0.886. The Labute approximate surface area is 123 Å². The molecule has 1 heterocycles. The Morgan fingerprint density at radius 1 is 1.50 bits per heavy atom. The van der Waals surface area contributed by atoms with Crippen LogP contribution in [-0.2, 0) is 25.1 Å². The lowest BCUT2D eigenvalue weighted by molar-refractivity contribution is -0.162. The first kappa shape index (κ1) is 15.7. The molecule has 2 rings (SSSR count). The van der Waals surface area contributed by atoms with Crippen LogP contribution in [0.4, 0.5) is 0 Å². The standard InChI is InChI=1S/C13H17ClO5S/c1-2-20(16,17)9-13(18-8-12(7-15)19-13)10-4-3-5-11(14)6-10/h3-6,12,15H,2,7-9H2,1H3/t12-,13+/m1/s1. The van der Waals surface area contributed by atoms with Crippen LogP contribution in [-0.4, -0.2) is 44.3 Å². The van der Waals surface area contributed by atoms with Crippen LogP contribution in [0.2, 0.25) is 5.02 Å². The summed E-state index contributed by atoms with van der Waals surface area (Å²) in [6.45, 7) is 1.48. The summed E-state index contributed by atoms with van der Waals surface area (Å²) in [5, 5.41) is 9.64. The van der Waals surface area contributed by atoms with Gasteiger partial charge in [0.15, 0.2) is 9.84 Å². The molecule has 0 unspecified atom stereocenters. The maximum absolute atomic E-state index is 12.0. The lowest BCUT2D eigenvalue weighted by Crippen LogP contribution is -2.37. The zero-order valence-electron chi connectivity index (χ0n) is 11.1. The van der Waals surface area contributed by atoms with Crippen LogP contribution in [0.1, 0.15) is 12.5 Å². The van der Waals surface area contributed by atoms with E-state index in [-0.39, 0.29) is 24.7 Å². The van der Waals surface area contributed by atoms with Gasteiger partial charge in [-0.2, -0.15) is 0 Å². The molecular formula is C13H17ClO5S. The van der Waals surface area contributed by atoms with Crippen molar-refractivity contribution in [1.82, 2.24) is 0 Å². The molecule has 1 aromatic carbocycles. The lowest BCUT2D eigenvalue weighted by atomic mass is 10.1. The maximum Gasteiger partial charge on any atom is 0.209 e. The number of rotatable bonds is 5. The molecule has 112 valence electrons. The van der Waals surface area contributed by atoms with Gasteiger partial charge in [-0.1, -0.05) is 30.7 Å². The number of hydrogen-bond donors (Lipinski definition) is 1. The molecule has 2 atom stereocenters. The van der Waals surface area contributed by atoms with Gasteiger partial charge in [-0.3, -0.25) is 0 Å². The van der Waals surface area contributed by atoms with Crippen molar-refractivity contribution in [3.8, 4) is 0 Å². The summed E-state index contributed by atoms with van der Waals surface area (Å²) in [5.41, 5.74) is 0.540. The van der Waals surface area contributed by atoms with Gasteiger partial charge in [-0.05, 0) is 12.1 Å². The van der Waals surface area contributed by atoms with Crippen LogP contribution in [0.15, 0.2) is 24.3 Å². The predicted molar refractivity (Wildman–Crippen MR) is 75.4 cm³/mol. The average Bonchev–Trinajstić information content (AvgIpc) is 2.83. The first-order valence-corrected chi connectivity index (χ1v) is 8.50. The second-order valence-corrected chi connectivity index (χ2v) is 7.46. The molecule has 1 aliphatic heterocycles. The van der Waals surface area contributed by atoms with Crippen molar-refractivity contribution in [1.29, 1.82) is 0 Å². The fourth-order valence-corrected chi connectivity index (χ4v) is 3.37. The minimum Gasteiger partial charge on any atom is -0.394 e. The predicted octanol–water partition coefficient (Wildman–Crippen LogP) is 1.34. The van der Waals surface area contributed by atoms with Crippen molar-refractivity contribution in [2.45, 2.75) is 18.8 Å². The first-order chi connectivity index (χ1) is 9.41. The van der Waals surface area contributed by atoms with Gasteiger partial charge in [-0.15, -0.1) is 0 Å². The Bertz CT molecular complexity index is 574. The Balaban J connectivity index is 2.40. The summed E-state index contributed by atoms with van der Waals surface area (Å²) in [6.07, 6.45) is -0.541. The van der Waals surface area contributed by atoms with Gasteiger partial charge < -0.3 is 14.6 Å². The highest BCUT2D eigenvalue weighted by Crippen LogP contribution is 2.36. The molecule has 0 amide bonds. The van der Waals surface area contributed by atoms with Gasteiger partial charge in [0.1, 0.15) is 11.9 Å². The van der Waals surface area contributed by atoms with E-state index in [4.69, 9.17) is 21.1 Å². The largest absolute Gasteiger partial charge is 0.394 e. The molecule has 0 bridgehead atoms. The Morgan fingerprint density at radius 3 is 2.80 bits per heavy atom. The van der Waals surface area contributed by atoms with Gasteiger partial charge in [-0.25, -0.2) is 8.42 Å². The summed E-state index contributed by atoms with van der Waals surface area (Å²) < 4.78 is 35.2. The van der Waals surface area contributed by atoms with Crippen molar-refractivity contribution in [3.63, 3.8) is 0 Å². The normalized spacial score (nSPS) is 26.9. The third kappa shape index (κ3) is 3.32. The topological polar surface area (TPSA) is 72.8 Å². The number of sulfone groups is 1. The van der Waals surface area contributed by atoms with E-state index >= 15 is 0 Å². The summed E-state index contributed by atoms with van der Waals surface area (Å²) in [5.74, 6) is -1.70. The minimum atomic E-state index is -3.33. The van der Waals surface area contributed by atoms with Gasteiger partial charge in [0, 0.05) is 16.3 Å². The number of aliphatic hydroxyl groups excluding tert-OH is 1. The Morgan fingerprint density at radius 2 is 2.25 bits per heavy atom. The molecule has 5 nitrogen and oxygen atoms in total. The van der Waals surface area contributed by atoms with E-state index in [0.29, 0.717) is 10.6 Å². The zero-order chi connectivity index (χ0) is 14.8. The van der Waals surface area contributed by atoms with E-state index in [2.05, 4.69) is 0 Å². The van der Waals surface area contributed by atoms with Crippen LogP contribution >= 0.6 is 11.6 Å². The van der Waals surface area contributed by atoms with E-state index in [1.165, 1.54) is 0 Å². The third-order valence-corrected chi connectivity index (χ3v) is 5.11. The molecule has 1 aliphatic rings. The zero-order valence-corrected chi connectivity index (χ0v) is 12.7. The minimum absolute atomic E-state index is 0.00811. The summed E-state index contributed by atoms with van der Waals surface area (Å²) >= 11 is 5.95. The molecule has 1 saturated heterocycles. The van der Waals surface area contributed by atoms with Crippen molar-refractivity contribution in [3.05, 3.63) is 34.9 Å². The first-order valence-electron chi connectivity index (χ1n) is 6.30. The molecule has 1 fully saturated rings. The molecule has 20 heavy (non-hydrogen) atoms. The second-order valence-electron chi connectivity index (χ2n) is 4.67. The summed E-state index contributed by atoms with van der Waals surface area (Å²) in [6, 6.07) is 6.71. The lowest BCUT2D eigenvalue weighted by Gasteiger charge is -2.28. The highest BCUT2D eigenvalue weighted by atomic mass is 35.5. The molecule has 7 heteroatoms. The molecule has 0 aliphatic carbocycles. The molecular weight excluding hydrogens is 304 g/mol. The number of aliphatic hydroxyl groups is 1. The van der Waals surface area contributed by atoms with E-state index in [9.17, 15) is 13.5 Å². The van der Waals surface area contributed by atoms with Crippen LogP contribution < -0.4 is 0 Å². The highest BCUT2D eigenvalue weighted by molar-refractivity contribution is 7.91. The molecule has 1 aromatic rings. The fourth-order valence-electron chi connectivity index (χ4n) is 2.08.